The second-order valence-corrected chi connectivity index (χ2v) is 9.02. The molecule has 0 aliphatic carbocycles. The van der Waals surface area contributed by atoms with Crippen molar-refractivity contribution in [3.05, 3.63) is 101 Å². The van der Waals surface area contributed by atoms with Gasteiger partial charge in [-0.05, 0) is 72.4 Å². The van der Waals surface area contributed by atoms with Crippen LogP contribution < -0.4 is 15.3 Å². The SMILES string of the molecule is O=C([O-])C#Cc1ccc(Cl)cc1Cl.O=C([O-])C#Cc1ccc(Cl)cc1Cl.O=C([O-])C#Cc1ccc(Cl)cc1Cl.[Al+3]. The van der Waals surface area contributed by atoms with Crippen molar-refractivity contribution in [1.82, 2.24) is 0 Å². The van der Waals surface area contributed by atoms with E-state index in [9.17, 15) is 29.7 Å². The molecule has 0 heterocycles. The Hall–Kier alpha value is -2.98. The summed E-state index contributed by atoms with van der Waals surface area (Å²) in [4.78, 5) is 30.0. The standard InChI is InChI=1S/3C9H4Cl2O2.Al/c3*10-7-3-1-6(8(11)5-7)2-4-9(12)13;/h3*1,3,5H,(H,12,13);/q;;;+3/p-3. The molecule has 0 aliphatic heterocycles. The first-order valence-corrected chi connectivity index (χ1v) is 12.1. The van der Waals surface area contributed by atoms with Gasteiger partial charge in [0.05, 0.1) is 15.1 Å². The van der Waals surface area contributed by atoms with Gasteiger partial charge in [0.2, 0.25) is 0 Å². The van der Waals surface area contributed by atoms with Crippen molar-refractivity contribution in [3.8, 4) is 35.5 Å². The van der Waals surface area contributed by atoms with Crippen molar-refractivity contribution in [3.63, 3.8) is 0 Å². The van der Waals surface area contributed by atoms with E-state index < -0.39 is 17.9 Å². The van der Waals surface area contributed by atoms with Gasteiger partial charge in [-0.15, -0.1) is 0 Å². The number of hydrogen-bond acceptors (Lipinski definition) is 6. The van der Waals surface area contributed by atoms with Gasteiger partial charge >= 0.3 is 17.4 Å². The maximum Gasteiger partial charge on any atom is 3.00 e. The van der Waals surface area contributed by atoms with Crippen LogP contribution in [0.4, 0.5) is 0 Å². The molecule has 0 aromatic heterocycles. The van der Waals surface area contributed by atoms with Crippen LogP contribution in [0.1, 0.15) is 16.7 Å². The summed E-state index contributed by atoms with van der Waals surface area (Å²) in [7, 11) is 0. The van der Waals surface area contributed by atoms with E-state index in [0.717, 1.165) is 0 Å². The van der Waals surface area contributed by atoms with Crippen LogP contribution >= 0.6 is 69.6 Å². The topological polar surface area (TPSA) is 120 Å². The van der Waals surface area contributed by atoms with Gasteiger partial charge in [0, 0.05) is 31.8 Å². The van der Waals surface area contributed by atoms with Crippen molar-refractivity contribution < 1.29 is 29.7 Å². The van der Waals surface area contributed by atoms with Crippen LogP contribution in [-0.4, -0.2) is 35.3 Å². The van der Waals surface area contributed by atoms with E-state index in [1.165, 1.54) is 18.2 Å². The largest absolute Gasteiger partial charge is 3.00 e. The number of halogens is 6. The molecule has 3 rings (SSSR count). The molecule has 0 amide bonds. The van der Waals surface area contributed by atoms with Crippen molar-refractivity contribution >= 4 is 105 Å². The summed E-state index contributed by atoms with van der Waals surface area (Å²) in [5, 5.41) is 32.4. The third-order valence-corrected chi connectivity index (χ3v) is 5.33. The molecule has 0 spiro atoms. The minimum Gasteiger partial charge on any atom is -0.537 e. The number of aliphatic carboxylic acids is 3. The molecule has 198 valence electrons. The van der Waals surface area contributed by atoms with Gasteiger partial charge in [-0.25, -0.2) is 0 Å². The number of carbonyl (C=O) groups excluding carboxylic acids is 3. The minimum atomic E-state index is -1.44. The molecule has 0 atom stereocenters. The zero-order valence-corrected chi connectivity index (χ0v) is 25.2. The Balaban J connectivity index is 0.000000563. The molecule has 3 aromatic rings. The van der Waals surface area contributed by atoms with Crippen molar-refractivity contribution in [2.24, 2.45) is 0 Å². The van der Waals surface area contributed by atoms with Crippen LogP contribution in [0.5, 0.6) is 0 Å². The summed E-state index contributed by atoms with van der Waals surface area (Å²) in [5.41, 5.74) is 1.24. The van der Waals surface area contributed by atoms with Crippen LogP contribution in [0.2, 0.25) is 30.1 Å². The third kappa shape index (κ3) is 15.6. The fourth-order valence-corrected chi connectivity index (χ4v) is 3.49. The average molecular weight is 669 g/mol. The molecule has 0 saturated heterocycles. The van der Waals surface area contributed by atoms with Crippen molar-refractivity contribution in [2.45, 2.75) is 0 Å². The predicted molar refractivity (Wildman–Crippen MR) is 151 cm³/mol. The Morgan fingerprint density at radius 2 is 0.700 bits per heavy atom. The zero-order valence-electron chi connectivity index (χ0n) is 19.5. The second-order valence-electron chi connectivity index (χ2n) is 6.48. The van der Waals surface area contributed by atoms with Crippen LogP contribution in [0, 0.1) is 35.5 Å². The maximum atomic E-state index is 10.00. The molecule has 0 radical (unpaired) electrons. The van der Waals surface area contributed by atoms with E-state index in [0.29, 0.717) is 46.8 Å². The van der Waals surface area contributed by atoms with E-state index in [-0.39, 0.29) is 17.4 Å². The summed E-state index contributed by atoms with van der Waals surface area (Å²) in [5.74, 6) is 8.24. The van der Waals surface area contributed by atoms with E-state index in [4.69, 9.17) is 69.6 Å². The molecular formula is C27H9AlCl6O6. The summed E-state index contributed by atoms with van der Waals surface area (Å²) in [6.45, 7) is 0. The first-order chi connectivity index (χ1) is 18.3. The molecular weight excluding hydrogens is 660 g/mol. The molecule has 0 N–H and O–H groups in total. The molecule has 0 saturated carbocycles. The van der Waals surface area contributed by atoms with Gasteiger partial charge in [0.25, 0.3) is 0 Å². The Labute approximate surface area is 269 Å². The van der Waals surface area contributed by atoms with Gasteiger partial charge < -0.3 is 29.7 Å². The maximum absolute atomic E-state index is 10.00. The number of carbonyl (C=O) groups is 3. The molecule has 0 fully saturated rings. The summed E-state index contributed by atoms with van der Waals surface area (Å²) < 4.78 is 0. The number of benzene rings is 3. The fourth-order valence-electron chi connectivity index (χ4n) is 2.13. The van der Waals surface area contributed by atoms with E-state index in [2.05, 4.69) is 17.8 Å². The second kappa shape index (κ2) is 19.2. The third-order valence-electron chi connectivity index (χ3n) is 3.69. The molecule has 13 heteroatoms. The summed E-state index contributed by atoms with van der Waals surface area (Å²) in [6, 6.07) is 13.8. The summed E-state index contributed by atoms with van der Waals surface area (Å²) in [6.07, 6.45) is 0. The Morgan fingerprint density at radius 3 is 0.875 bits per heavy atom. The molecule has 6 nitrogen and oxygen atoms in total. The zero-order chi connectivity index (χ0) is 29.5. The normalized spacial score (nSPS) is 8.55. The average Bonchev–Trinajstić information content (AvgIpc) is 2.83. The predicted octanol–water partition coefficient (Wildman–Crippen LogP) is 2.90. The van der Waals surface area contributed by atoms with Gasteiger partial charge in [-0.1, -0.05) is 87.4 Å². The van der Waals surface area contributed by atoms with Gasteiger partial charge in [-0.3, -0.25) is 0 Å². The van der Waals surface area contributed by atoms with Gasteiger partial charge in [-0.2, -0.15) is 0 Å². The van der Waals surface area contributed by atoms with Crippen molar-refractivity contribution in [1.29, 1.82) is 0 Å². The van der Waals surface area contributed by atoms with Crippen LogP contribution in [0.3, 0.4) is 0 Å². The molecule has 0 aliphatic rings. The Bertz CT molecular complexity index is 1400. The first kappa shape index (κ1) is 37.0. The van der Waals surface area contributed by atoms with E-state index in [1.54, 1.807) is 36.4 Å². The number of rotatable bonds is 0. The van der Waals surface area contributed by atoms with Crippen LogP contribution in [0.15, 0.2) is 54.6 Å². The molecule has 0 bridgehead atoms. The van der Waals surface area contributed by atoms with Crippen LogP contribution in [-0.2, 0) is 14.4 Å². The van der Waals surface area contributed by atoms with E-state index in [1.807, 2.05) is 17.8 Å². The number of hydrogen-bond donors (Lipinski definition) is 0. The van der Waals surface area contributed by atoms with Crippen LogP contribution in [0.25, 0.3) is 0 Å². The molecule has 3 aromatic carbocycles. The Kier molecular flexibility index (Phi) is 17.7. The van der Waals surface area contributed by atoms with Gasteiger partial charge in [0.1, 0.15) is 17.9 Å². The quantitative estimate of drug-likeness (QED) is 0.269. The molecule has 0 unspecified atom stereocenters. The smallest absolute Gasteiger partial charge is 0.537 e. The molecule has 40 heavy (non-hydrogen) atoms. The number of carboxylic acids is 3. The fraction of sp³-hybridized carbons (Fsp3) is 0. The van der Waals surface area contributed by atoms with E-state index >= 15 is 0 Å². The first-order valence-electron chi connectivity index (χ1n) is 9.82. The minimum absolute atomic E-state index is 0. The Morgan fingerprint density at radius 1 is 0.475 bits per heavy atom. The summed E-state index contributed by atoms with van der Waals surface area (Å²) >= 11 is 34.0. The van der Waals surface area contributed by atoms with Gasteiger partial charge in [0.15, 0.2) is 0 Å². The number of carboxylic acid groups (broad SMARTS) is 3. The monoisotopic (exact) mass is 666 g/mol. The van der Waals surface area contributed by atoms with Crippen molar-refractivity contribution in [2.75, 3.05) is 0 Å².